The number of ether oxygens (including phenoxy) is 1. The fraction of sp³-hybridized carbons (Fsp3) is 0.280. The molecule has 35 heavy (non-hydrogen) atoms. The Labute approximate surface area is 200 Å². The Balaban J connectivity index is 1.36. The number of alkyl halides is 3. The van der Waals surface area contributed by atoms with Crippen LogP contribution in [0.25, 0.3) is 6.08 Å². The van der Waals surface area contributed by atoms with E-state index in [1.54, 1.807) is 28.3 Å². The van der Waals surface area contributed by atoms with Crippen LogP contribution in [0.2, 0.25) is 0 Å². The number of fused-ring (bicyclic) bond motifs is 1. The average molecular weight is 483 g/mol. The van der Waals surface area contributed by atoms with Crippen molar-refractivity contribution in [2.45, 2.75) is 12.9 Å². The van der Waals surface area contributed by atoms with Gasteiger partial charge in [0.05, 0.1) is 12.2 Å². The van der Waals surface area contributed by atoms with E-state index in [9.17, 15) is 18.0 Å². The van der Waals surface area contributed by atoms with Crippen LogP contribution in [0, 0.1) is 0 Å². The molecule has 0 bridgehead atoms. The molecule has 2 aliphatic rings. The van der Waals surface area contributed by atoms with Crippen molar-refractivity contribution in [2.24, 2.45) is 0 Å². The minimum Gasteiger partial charge on any atom is -0.404 e. The van der Waals surface area contributed by atoms with Gasteiger partial charge in [-0.25, -0.2) is 4.98 Å². The SMILES string of the molecule is O=C(c1ccc(N2CC=Cc3ccccc32)c(OC(F)(F)F)c1)N1CCN(Cc2ncc[nH]2)CC1. The second kappa shape index (κ2) is 9.46. The zero-order valence-electron chi connectivity index (χ0n) is 18.8. The second-order valence-corrected chi connectivity index (χ2v) is 8.41. The lowest BCUT2D eigenvalue weighted by molar-refractivity contribution is -0.274. The van der Waals surface area contributed by atoms with Crippen LogP contribution in [0.15, 0.2) is 60.9 Å². The molecule has 5 rings (SSSR count). The summed E-state index contributed by atoms with van der Waals surface area (Å²) in [6.45, 7) is 3.28. The molecule has 10 heteroatoms. The highest BCUT2D eigenvalue weighted by Gasteiger charge is 2.34. The topological polar surface area (TPSA) is 64.7 Å². The molecule has 7 nitrogen and oxygen atoms in total. The quantitative estimate of drug-likeness (QED) is 0.582. The molecule has 1 saturated heterocycles. The van der Waals surface area contributed by atoms with Crippen LogP contribution >= 0.6 is 0 Å². The van der Waals surface area contributed by atoms with Gasteiger partial charge in [-0.1, -0.05) is 30.4 Å². The van der Waals surface area contributed by atoms with Gasteiger partial charge in [-0.3, -0.25) is 9.69 Å². The molecule has 0 radical (unpaired) electrons. The van der Waals surface area contributed by atoms with Crippen LogP contribution in [0.4, 0.5) is 24.5 Å². The highest BCUT2D eigenvalue weighted by molar-refractivity contribution is 5.96. The monoisotopic (exact) mass is 483 g/mol. The van der Waals surface area contributed by atoms with Crippen molar-refractivity contribution in [3.63, 3.8) is 0 Å². The Bertz CT molecular complexity index is 1220. The third-order valence-corrected chi connectivity index (χ3v) is 6.12. The van der Waals surface area contributed by atoms with Crippen LogP contribution in [0.1, 0.15) is 21.7 Å². The fourth-order valence-corrected chi connectivity index (χ4v) is 4.45. The number of hydrogen-bond acceptors (Lipinski definition) is 5. The van der Waals surface area contributed by atoms with Crippen LogP contribution < -0.4 is 9.64 Å². The number of imidazole rings is 1. The van der Waals surface area contributed by atoms with Crippen molar-refractivity contribution >= 4 is 23.4 Å². The Morgan fingerprint density at radius 3 is 2.60 bits per heavy atom. The summed E-state index contributed by atoms with van der Waals surface area (Å²) < 4.78 is 44.3. The van der Waals surface area contributed by atoms with E-state index in [0.29, 0.717) is 39.3 Å². The van der Waals surface area contributed by atoms with E-state index in [4.69, 9.17) is 0 Å². The number of benzene rings is 2. The minimum absolute atomic E-state index is 0.160. The maximum Gasteiger partial charge on any atom is 0.573 e. The number of carbonyl (C=O) groups is 1. The number of nitrogens with zero attached hydrogens (tertiary/aromatic N) is 4. The average Bonchev–Trinajstić information content (AvgIpc) is 3.36. The van der Waals surface area contributed by atoms with Crippen molar-refractivity contribution < 1.29 is 22.7 Å². The second-order valence-electron chi connectivity index (χ2n) is 8.41. The highest BCUT2D eigenvalue weighted by atomic mass is 19.4. The van der Waals surface area contributed by atoms with Gasteiger partial charge in [0, 0.05) is 56.4 Å². The summed E-state index contributed by atoms with van der Waals surface area (Å²) in [6.07, 6.45) is 2.37. The summed E-state index contributed by atoms with van der Waals surface area (Å²) in [4.78, 5) is 26.0. The third-order valence-electron chi connectivity index (χ3n) is 6.12. The van der Waals surface area contributed by atoms with Crippen molar-refractivity contribution in [1.29, 1.82) is 0 Å². The number of hydrogen-bond donors (Lipinski definition) is 1. The lowest BCUT2D eigenvalue weighted by Gasteiger charge is -2.34. The highest BCUT2D eigenvalue weighted by Crippen LogP contribution is 2.40. The van der Waals surface area contributed by atoms with E-state index in [2.05, 4.69) is 19.6 Å². The number of piperazine rings is 1. The number of H-pyrrole nitrogens is 1. The molecule has 2 aliphatic heterocycles. The number of anilines is 2. The molecule has 1 N–H and O–H groups in total. The van der Waals surface area contributed by atoms with E-state index in [1.807, 2.05) is 36.4 Å². The molecule has 0 atom stereocenters. The van der Waals surface area contributed by atoms with Gasteiger partial charge in [0.15, 0.2) is 5.75 Å². The van der Waals surface area contributed by atoms with E-state index >= 15 is 0 Å². The number of para-hydroxylation sites is 1. The van der Waals surface area contributed by atoms with Gasteiger partial charge in [0.2, 0.25) is 0 Å². The largest absolute Gasteiger partial charge is 0.573 e. The van der Waals surface area contributed by atoms with E-state index in [1.165, 1.54) is 12.1 Å². The van der Waals surface area contributed by atoms with Gasteiger partial charge >= 0.3 is 6.36 Å². The van der Waals surface area contributed by atoms with Gasteiger partial charge < -0.3 is 19.5 Å². The molecular formula is C25H24F3N5O2. The first-order valence-electron chi connectivity index (χ1n) is 11.3. The van der Waals surface area contributed by atoms with Gasteiger partial charge in [-0.05, 0) is 29.8 Å². The molecule has 0 aliphatic carbocycles. The van der Waals surface area contributed by atoms with Crippen molar-refractivity contribution in [2.75, 3.05) is 37.6 Å². The lowest BCUT2D eigenvalue weighted by Crippen LogP contribution is -2.48. The molecule has 0 spiro atoms. The smallest absolute Gasteiger partial charge is 0.404 e. The van der Waals surface area contributed by atoms with E-state index in [0.717, 1.165) is 17.1 Å². The molecule has 1 aromatic heterocycles. The van der Waals surface area contributed by atoms with Gasteiger partial charge in [-0.15, -0.1) is 13.2 Å². The minimum atomic E-state index is -4.89. The Morgan fingerprint density at radius 2 is 1.86 bits per heavy atom. The number of aromatic amines is 1. The predicted molar refractivity (Wildman–Crippen MR) is 125 cm³/mol. The summed E-state index contributed by atoms with van der Waals surface area (Å²) in [5, 5.41) is 0. The zero-order valence-corrected chi connectivity index (χ0v) is 18.8. The summed E-state index contributed by atoms with van der Waals surface area (Å²) in [5.74, 6) is 0.133. The van der Waals surface area contributed by atoms with Crippen molar-refractivity contribution in [3.8, 4) is 5.75 Å². The van der Waals surface area contributed by atoms with Gasteiger partial charge in [0.1, 0.15) is 5.82 Å². The summed E-state index contributed by atoms with van der Waals surface area (Å²) in [5.41, 5.74) is 2.07. The maximum absolute atomic E-state index is 13.3. The van der Waals surface area contributed by atoms with E-state index < -0.39 is 12.1 Å². The summed E-state index contributed by atoms with van der Waals surface area (Å²) >= 11 is 0. The first-order chi connectivity index (χ1) is 16.9. The Kier molecular flexibility index (Phi) is 6.21. The summed E-state index contributed by atoms with van der Waals surface area (Å²) in [7, 11) is 0. The molecule has 0 saturated carbocycles. The first-order valence-corrected chi connectivity index (χ1v) is 11.3. The van der Waals surface area contributed by atoms with Crippen LogP contribution in [0.3, 0.4) is 0 Å². The number of aromatic nitrogens is 2. The number of carbonyl (C=O) groups excluding carboxylic acids is 1. The zero-order chi connectivity index (χ0) is 24.4. The first kappa shape index (κ1) is 23.0. The predicted octanol–water partition coefficient (Wildman–Crippen LogP) is 4.43. The molecule has 1 amide bonds. The molecule has 3 aromatic rings. The van der Waals surface area contributed by atoms with Crippen molar-refractivity contribution in [3.05, 3.63) is 77.9 Å². The Morgan fingerprint density at radius 1 is 1.06 bits per heavy atom. The summed E-state index contributed by atoms with van der Waals surface area (Å²) in [6, 6.07) is 11.7. The van der Waals surface area contributed by atoms with Crippen LogP contribution in [0.5, 0.6) is 5.75 Å². The van der Waals surface area contributed by atoms with Gasteiger partial charge in [-0.2, -0.15) is 0 Å². The van der Waals surface area contributed by atoms with Crippen LogP contribution in [-0.2, 0) is 6.54 Å². The molecule has 2 aromatic carbocycles. The number of rotatable bonds is 5. The molecule has 0 unspecified atom stereocenters. The van der Waals surface area contributed by atoms with Gasteiger partial charge in [0.25, 0.3) is 5.91 Å². The number of nitrogens with one attached hydrogen (secondary N) is 1. The molecule has 1 fully saturated rings. The standard InChI is InChI=1S/C25H24F3N5O2/c26-25(27,28)35-22-16-19(7-8-21(22)33-11-3-5-18-4-1-2-6-20(18)33)24(34)32-14-12-31(13-15-32)17-23-29-9-10-30-23/h1-10,16H,11-15,17H2,(H,29,30). The molecule has 3 heterocycles. The molecule has 182 valence electrons. The lowest BCUT2D eigenvalue weighted by atomic mass is 10.1. The maximum atomic E-state index is 13.3. The normalized spacial score (nSPS) is 16.3. The van der Waals surface area contributed by atoms with Crippen molar-refractivity contribution in [1.82, 2.24) is 19.8 Å². The fourth-order valence-electron chi connectivity index (χ4n) is 4.45. The van der Waals surface area contributed by atoms with Crippen LogP contribution in [-0.4, -0.2) is 64.8 Å². The van der Waals surface area contributed by atoms with E-state index in [-0.39, 0.29) is 17.2 Å². The molecular weight excluding hydrogens is 459 g/mol. The Hall–Kier alpha value is -3.79. The number of amides is 1. The third kappa shape index (κ3) is 5.17. The number of halogens is 3.